The van der Waals surface area contributed by atoms with Crippen molar-refractivity contribution in [1.82, 2.24) is 0 Å². The molecule has 5 fully saturated rings. The van der Waals surface area contributed by atoms with E-state index in [4.69, 9.17) is 42.6 Å². The summed E-state index contributed by atoms with van der Waals surface area (Å²) in [6.07, 6.45) is -44.0. The monoisotopic (exact) mass is 828 g/mol. The zero-order chi connectivity index (χ0) is 41.3. The van der Waals surface area contributed by atoms with E-state index in [1.807, 2.05) is 0 Å². The molecule has 5 aliphatic heterocycles. The minimum atomic E-state index is -1.96. The molecule has 5 rings (SSSR count). The number of hydrogen-bond acceptors (Lipinski definition) is 26. The van der Waals surface area contributed by atoms with Gasteiger partial charge in [0.2, 0.25) is 0 Å². The lowest BCUT2D eigenvalue weighted by Gasteiger charge is -2.44. The lowest BCUT2D eigenvalue weighted by Crippen LogP contribution is -2.63. The maximum absolute atomic E-state index is 10.6. The molecule has 26 heteroatoms. The van der Waals surface area contributed by atoms with E-state index in [-0.39, 0.29) is 0 Å². The first kappa shape index (κ1) is 46.0. The van der Waals surface area contributed by atoms with Crippen LogP contribution in [0.4, 0.5) is 0 Å². The largest absolute Gasteiger partial charge is 0.394 e. The first-order chi connectivity index (χ1) is 26.4. The summed E-state index contributed by atoms with van der Waals surface area (Å²) in [4.78, 5) is 0. The Bertz CT molecular complexity index is 1210. The molecule has 5 heterocycles. The van der Waals surface area contributed by atoms with Crippen molar-refractivity contribution in [2.45, 2.75) is 154 Å². The average molecular weight is 829 g/mol. The molecule has 0 spiro atoms. The van der Waals surface area contributed by atoms with Crippen LogP contribution in [0.25, 0.3) is 0 Å². The number of aliphatic hydroxyl groups is 17. The van der Waals surface area contributed by atoms with Crippen molar-refractivity contribution in [3.05, 3.63) is 0 Å². The third-order valence-electron chi connectivity index (χ3n) is 10.2. The maximum atomic E-state index is 10.6. The van der Waals surface area contributed by atoms with E-state index < -0.39 is 187 Å². The predicted octanol–water partition coefficient (Wildman–Crippen LogP) is -11.9. The SMILES string of the molecule is OC[C@H]1O[C@@H](OC[C@H]2O[C@@H](OC[C@H]3O[C@@H](OC[C@H]4O[C@@H](OC[C@H]5OC(O)[C@H](O)[C@@H](O)[C@@H]5O)[C@H](O)[C@@H](O)[C@@H]4O)[C@H](O)[C@@H](O)[C@@H]3O)[C@H](O)[C@@H](O)[C@@H]2O)[C@H](O)[C@@H](O)[C@@H]1O. The van der Waals surface area contributed by atoms with Gasteiger partial charge in [0, 0.05) is 0 Å². The van der Waals surface area contributed by atoms with Crippen molar-refractivity contribution in [2.75, 3.05) is 33.0 Å². The third-order valence-corrected chi connectivity index (χ3v) is 10.2. The van der Waals surface area contributed by atoms with Crippen molar-refractivity contribution < 1.29 is 129 Å². The first-order valence-electron chi connectivity index (χ1n) is 17.6. The molecule has 56 heavy (non-hydrogen) atoms. The lowest BCUT2D eigenvalue weighted by atomic mass is 9.97. The van der Waals surface area contributed by atoms with Gasteiger partial charge in [0.15, 0.2) is 31.5 Å². The van der Waals surface area contributed by atoms with Gasteiger partial charge in [0.05, 0.1) is 33.0 Å². The van der Waals surface area contributed by atoms with Crippen molar-refractivity contribution in [2.24, 2.45) is 0 Å². The van der Waals surface area contributed by atoms with Crippen LogP contribution in [0.1, 0.15) is 0 Å². The fraction of sp³-hybridized carbons (Fsp3) is 1.00. The first-order valence-corrected chi connectivity index (χ1v) is 17.6. The number of hydrogen-bond donors (Lipinski definition) is 17. The van der Waals surface area contributed by atoms with Gasteiger partial charge in [-0.05, 0) is 0 Å². The Morgan fingerprint density at radius 3 is 0.786 bits per heavy atom. The van der Waals surface area contributed by atoms with Crippen LogP contribution in [0.3, 0.4) is 0 Å². The van der Waals surface area contributed by atoms with Crippen LogP contribution in [-0.2, 0) is 42.6 Å². The molecular weight excluding hydrogens is 776 g/mol. The zero-order valence-corrected chi connectivity index (χ0v) is 29.2. The van der Waals surface area contributed by atoms with Crippen LogP contribution in [0.2, 0.25) is 0 Å². The molecule has 0 aromatic carbocycles. The Morgan fingerprint density at radius 2 is 0.500 bits per heavy atom. The van der Waals surface area contributed by atoms with Gasteiger partial charge in [-0.25, -0.2) is 0 Å². The molecule has 1 unspecified atom stereocenters. The Balaban J connectivity index is 1.15. The van der Waals surface area contributed by atoms with E-state index in [2.05, 4.69) is 0 Å². The van der Waals surface area contributed by atoms with E-state index in [0.717, 1.165) is 0 Å². The molecule has 0 aromatic heterocycles. The maximum Gasteiger partial charge on any atom is 0.186 e. The molecule has 5 saturated heterocycles. The highest BCUT2D eigenvalue weighted by Crippen LogP contribution is 2.30. The normalized spacial score (nSPS) is 53.2. The van der Waals surface area contributed by atoms with Crippen LogP contribution < -0.4 is 0 Å². The van der Waals surface area contributed by atoms with Crippen LogP contribution in [-0.4, -0.2) is 273 Å². The van der Waals surface area contributed by atoms with Crippen LogP contribution >= 0.6 is 0 Å². The molecule has 0 saturated carbocycles. The molecule has 0 radical (unpaired) electrons. The van der Waals surface area contributed by atoms with Gasteiger partial charge in [-0.2, -0.15) is 0 Å². The van der Waals surface area contributed by atoms with E-state index in [1.165, 1.54) is 0 Å². The van der Waals surface area contributed by atoms with Gasteiger partial charge in [-0.3, -0.25) is 0 Å². The Labute approximate surface area is 316 Å². The smallest absolute Gasteiger partial charge is 0.186 e. The fourth-order valence-electron chi connectivity index (χ4n) is 6.61. The number of aliphatic hydroxyl groups excluding tert-OH is 17. The van der Waals surface area contributed by atoms with Gasteiger partial charge in [-0.1, -0.05) is 0 Å². The molecule has 0 bridgehead atoms. The molecule has 25 atom stereocenters. The standard InChI is InChI=1S/C30H52O26/c31-1-6-11(32)17(38)22(43)27(53-6)49-3-8-13(34)19(40)24(45)29(55-8)51-5-10-15(36)20(41)25(46)30(56-10)50-4-9-14(35)18(39)23(44)28(54-9)48-2-7-12(33)16(37)21(42)26(47)52-7/h6-47H,1-5H2/t6-,7-,8-,9-,10-,11-,12-,13-,14-,15-,16+,17+,18+,19+,20+,21-,22-,23-,24-,25-,26?,27-,28-,29-,30-/m1/s1. The Morgan fingerprint density at radius 1 is 0.268 bits per heavy atom. The second-order valence-corrected chi connectivity index (χ2v) is 14.1. The minimum absolute atomic E-state index is 0.669. The summed E-state index contributed by atoms with van der Waals surface area (Å²) in [6, 6.07) is 0. The topological polar surface area (TPSA) is 427 Å². The summed E-state index contributed by atoms with van der Waals surface area (Å²) < 4.78 is 48.5. The molecule has 328 valence electrons. The van der Waals surface area contributed by atoms with Gasteiger partial charge in [0.25, 0.3) is 0 Å². The second-order valence-electron chi connectivity index (χ2n) is 14.1. The molecule has 26 nitrogen and oxygen atoms in total. The van der Waals surface area contributed by atoms with E-state index in [0.29, 0.717) is 0 Å². The highest BCUT2D eigenvalue weighted by atomic mass is 16.8. The summed E-state index contributed by atoms with van der Waals surface area (Å²) in [5, 5.41) is 173. The lowest BCUT2D eigenvalue weighted by molar-refractivity contribution is -0.350. The molecule has 0 aliphatic carbocycles. The Kier molecular flexibility index (Phi) is 16.1. The highest BCUT2D eigenvalue weighted by molar-refractivity contribution is 4.95. The minimum Gasteiger partial charge on any atom is -0.394 e. The number of ether oxygens (including phenoxy) is 9. The van der Waals surface area contributed by atoms with Gasteiger partial charge in [0.1, 0.15) is 122 Å². The highest BCUT2D eigenvalue weighted by Gasteiger charge is 2.51. The molecule has 0 amide bonds. The van der Waals surface area contributed by atoms with Crippen LogP contribution in [0.15, 0.2) is 0 Å². The van der Waals surface area contributed by atoms with Crippen LogP contribution in [0, 0.1) is 0 Å². The summed E-state index contributed by atoms with van der Waals surface area (Å²) >= 11 is 0. The van der Waals surface area contributed by atoms with Gasteiger partial charge < -0.3 is 129 Å². The Hall–Kier alpha value is -1.04. The molecule has 5 aliphatic rings. The molecule has 17 N–H and O–H groups in total. The average Bonchev–Trinajstić information content (AvgIpc) is 3.18. The summed E-state index contributed by atoms with van der Waals surface area (Å²) in [5.74, 6) is 0. The quantitative estimate of drug-likeness (QED) is 0.0819. The van der Waals surface area contributed by atoms with Gasteiger partial charge in [-0.15, -0.1) is 0 Å². The van der Waals surface area contributed by atoms with E-state index in [1.54, 1.807) is 0 Å². The van der Waals surface area contributed by atoms with Crippen molar-refractivity contribution in [1.29, 1.82) is 0 Å². The zero-order valence-electron chi connectivity index (χ0n) is 29.2. The van der Waals surface area contributed by atoms with Crippen molar-refractivity contribution in [3.63, 3.8) is 0 Å². The van der Waals surface area contributed by atoms with E-state index >= 15 is 0 Å². The fourth-order valence-corrected chi connectivity index (χ4v) is 6.61. The van der Waals surface area contributed by atoms with Gasteiger partial charge >= 0.3 is 0 Å². The van der Waals surface area contributed by atoms with E-state index in [9.17, 15) is 86.8 Å². The van der Waals surface area contributed by atoms with Crippen LogP contribution in [0.5, 0.6) is 0 Å². The number of rotatable bonds is 13. The summed E-state index contributed by atoms with van der Waals surface area (Å²) in [7, 11) is 0. The third kappa shape index (κ3) is 9.77. The second kappa shape index (κ2) is 19.6. The summed E-state index contributed by atoms with van der Waals surface area (Å²) in [5.41, 5.74) is 0. The predicted molar refractivity (Wildman–Crippen MR) is 167 cm³/mol. The van der Waals surface area contributed by atoms with Crippen molar-refractivity contribution in [3.8, 4) is 0 Å². The molecular formula is C30H52O26. The summed E-state index contributed by atoms with van der Waals surface area (Å²) in [6.45, 7) is -3.57. The molecule has 0 aromatic rings. The van der Waals surface area contributed by atoms with Crippen molar-refractivity contribution >= 4 is 0 Å².